The number of aliphatic hydroxyl groups is 1. The van der Waals surface area contributed by atoms with Gasteiger partial charge in [-0.2, -0.15) is 0 Å². The van der Waals surface area contributed by atoms with Gasteiger partial charge in [0.1, 0.15) is 12.4 Å². The lowest BCUT2D eigenvalue weighted by Crippen LogP contribution is -1.82. The van der Waals surface area contributed by atoms with E-state index in [1.807, 2.05) is 23.6 Å². The molecule has 0 bridgehead atoms. The molecule has 0 radical (unpaired) electrons. The molecule has 1 aromatic heterocycles. The van der Waals surface area contributed by atoms with Gasteiger partial charge in [-0.3, -0.25) is 0 Å². The second-order valence-electron chi connectivity index (χ2n) is 3.73. The number of hydrogen-bond donors (Lipinski definition) is 1. The quantitative estimate of drug-likeness (QED) is 0.691. The minimum Gasteiger partial charge on any atom is -0.497 e. The van der Waals surface area contributed by atoms with Crippen molar-refractivity contribution in [2.75, 3.05) is 13.7 Å². The molecule has 0 saturated carbocycles. The Balaban J connectivity index is 1.96. The van der Waals surface area contributed by atoms with Gasteiger partial charge >= 0.3 is 0 Å². The van der Waals surface area contributed by atoms with Crippen LogP contribution in [-0.4, -0.2) is 18.8 Å². The van der Waals surface area contributed by atoms with Crippen molar-refractivity contribution in [1.29, 1.82) is 0 Å². The average molecular weight is 290 g/mol. The van der Waals surface area contributed by atoms with Crippen LogP contribution in [0, 0.1) is 11.8 Å². The van der Waals surface area contributed by atoms with Gasteiger partial charge in [-0.05, 0) is 24.3 Å². The maximum absolute atomic E-state index is 8.65. The fourth-order valence-electron chi connectivity index (χ4n) is 1.51. The summed E-state index contributed by atoms with van der Waals surface area (Å²) in [4.78, 5) is 2.46. The Bertz CT molecular complexity index is 593. The summed E-state index contributed by atoms with van der Waals surface area (Å²) < 4.78 is 5.20. The molecule has 19 heavy (non-hydrogen) atoms. The molecule has 0 aliphatic carbocycles. The average Bonchev–Trinajstić information content (AvgIpc) is 2.91. The van der Waals surface area contributed by atoms with Gasteiger partial charge in [0, 0.05) is 26.5 Å². The van der Waals surface area contributed by atoms with Crippen LogP contribution in [-0.2, 0) is 5.75 Å². The van der Waals surface area contributed by atoms with E-state index in [-0.39, 0.29) is 6.61 Å². The highest BCUT2D eigenvalue weighted by molar-refractivity contribution is 7.98. The Morgan fingerprint density at radius 2 is 2.26 bits per heavy atom. The highest BCUT2D eigenvalue weighted by Crippen LogP contribution is 2.28. The van der Waals surface area contributed by atoms with E-state index in [2.05, 4.69) is 24.0 Å². The molecule has 0 unspecified atom stereocenters. The molecule has 0 aliphatic rings. The Morgan fingerprint density at radius 3 is 3.05 bits per heavy atom. The first-order valence-corrected chi connectivity index (χ1v) is 7.62. The summed E-state index contributed by atoms with van der Waals surface area (Å²) in [6, 6.07) is 10.1. The van der Waals surface area contributed by atoms with Gasteiger partial charge in [0.15, 0.2) is 0 Å². The van der Waals surface area contributed by atoms with E-state index < -0.39 is 0 Å². The van der Waals surface area contributed by atoms with Gasteiger partial charge in [-0.15, -0.1) is 23.1 Å². The molecular weight excluding hydrogens is 276 g/mol. The van der Waals surface area contributed by atoms with Crippen molar-refractivity contribution in [3.63, 3.8) is 0 Å². The smallest absolute Gasteiger partial charge is 0.119 e. The van der Waals surface area contributed by atoms with Crippen LogP contribution in [0.3, 0.4) is 0 Å². The number of aliphatic hydroxyl groups excluding tert-OH is 1. The van der Waals surface area contributed by atoms with Crippen molar-refractivity contribution >= 4 is 23.1 Å². The zero-order chi connectivity index (χ0) is 13.5. The Hall–Kier alpha value is -1.41. The van der Waals surface area contributed by atoms with E-state index >= 15 is 0 Å². The lowest BCUT2D eigenvalue weighted by molar-refractivity contribution is 0.350. The van der Waals surface area contributed by atoms with E-state index in [1.165, 1.54) is 9.77 Å². The molecular formula is C15H14O2S2. The normalized spacial score (nSPS) is 9.79. The summed E-state index contributed by atoms with van der Waals surface area (Å²) in [5.74, 6) is 7.36. The molecule has 0 saturated heterocycles. The minimum absolute atomic E-state index is 0.0935. The summed E-state index contributed by atoms with van der Waals surface area (Å²) in [5, 5.41) is 10.7. The lowest BCUT2D eigenvalue weighted by atomic mass is 10.3. The van der Waals surface area contributed by atoms with E-state index in [4.69, 9.17) is 9.84 Å². The van der Waals surface area contributed by atoms with Crippen LogP contribution in [0.1, 0.15) is 10.4 Å². The molecule has 98 valence electrons. The van der Waals surface area contributed by atoms with Gasteiger partial charge < -0.3 is 9.84 Å². The van der Waals surface area contributed by atoms with Gasteiger partial charge in [-0.25, -0.2) is 0 Å². The van der Waals surface area contributed by atoms with Crippen molar-refractivity contribution in [3.05, 3.63) is 46.2 Å². The molecule has 0 amide bonds. The number of methoxy groups -OCH3 is 1. The van der Waals surface area contributed by atoms with Crippen molar-refractivity contribution in [2.45, 2.75) is 10.6 Å². The minimum atomic E-state index is -0.0935. The first-order valence-electron chi connectivity index (χ1n) is 5.76. The van der Waals surface area contributed by atoms with Gasteiger partial charge in [0.05, 0.1) is 7.11 Å². The zero-order valence-electron chi connectivity index (χ0n) is 10.6. The molecule has 4 heteroatoms. The maximum atomic E-state index is 8.65. The number of thioether (sulfide) groups is 1. The third kappa shape index (κ3) is 4.32. The van der Waals surface area contributed by atoms with Crippen molar-refractivity contribution in [2.24, 2.45) is 0 Å². The van der Waals surface area contributed by atoms with E-state index in [1.54, 1.807) is 30.2 Å². The highest BCUT2D eigenvalue weighted by atomic mass is 32.2. The molecule has 1 heterocycles. The first kappa shape index (κ1) is 14.0. The van der Waals surface area contributed by atoms with E-state index in [9.17, 15) is 0 Å². The van der Waals surface area contributed by atoms with E-state index in [0.717, 1.165) is 17.1 Å². The molecule has 0 aliphatic heterocycles. The summed E-state index contributed by atoms with van der Waals surface area (Å²) in [7, 11) is 1.68. The van der Waals surface area contributed by atoms with Gasteiger partial charge in [0.25, 0.3) is 0 Å². The van der Waals surface area contributed by atoms with Crippen LogP contribution < -0.4 is 4.74 Å². The number of thiophene rings is 1. The first-order chi connectivity index (χ1) is 9.31. The van der Waals surface area contributed by atoms with Crippen molar-refractivity contribution in [1.82, 2.24) is 0 Å². The largest absolute Gasteiger partial charge is 0.497 e. The maximum Gasteiger partial charge on any atom is 0.119 e. The van der Waals surface area contributed by atoms with E-state index in [0.29, 0.717) is 0 Å². The van der Waals surface area contributed by atoms with Crippen molar-refractivity contribution < 1.29 is 9.84 Å². The molecule has 2 nitrogen and oxygen atoms in total. The van der Waals surface area contributed by atoms with Crippen molar-refractivity contribution in [3.8, 4) is 17.6 Å². The molecule has 2 aromatic rings. The topological polar surface area (TPSA) is 29.5 Å². The predicted molar refractivity (Wildman–Crippen MR) is 80.8 cm³/mol. The molecule has 0 spiro atoms. The Morgan fingerprint density at radius 1 is 1.37 bits per heavy atom. The van der Waals surface area contributed by atoms with Gasteiger partial charge in [0.2, 0.25) is 0 Å². The fourth-order valence-corrected chi connectivity index (χ4v) is 3.32. The van der Waals surface area contributed by atoms with Gasteiger partial charge in [-0.1, -0.05) is 17.9 Å². The van der Waals surface area contributed by atoms with Crippen LogP contribution in [0.4, 0.5) is 0 Å². The van der Waals surface area contributed by atoms with Crippen LogP contribution >= 0.6 is 23.1 Å². The third-order valence-electron chi connectivity index (χ3n) is 2.39. The van der Waals surface area contributed by atoms with Crippen LogP contribution in [0.15, 0.2) is 40.6 Å². The highest BCUT2D eigenvalue weighted by Gasteiger charge is 2.01. The Labute approximate surface area is 121 Å². The molecule has 1 N–H and O–H groups in total. The number of ether oxygens (including phenoxy) is 1. The SMILES string of the molecule is COc1cccc(SCc2cc(C#CCO)cs2)c1. The van der Waals surface area contributed by atoms with Crippen LogP contribution in [0.5, 0.6) is 5.75 Å². The summed E-state index contributed by atoms with van der Waals surface area (Å²) in [6.45, 7) is -0.0935. The predicted octanol–water partition coefficient (Wildman–Crippen LogP) is 3.39. The third-order valence-corrected chi connectivity index (χ3v) is 4.55. The molecule has 0 atom stereocenters. The van der Waals surface area contributed by atoms with Crippen LogP contribution in [0.2, 0.25) is 0 Å². The van der Waals surface area contributed by atoms with Crippen LogP contribution in [0.25, 0.3) is 0 Å². The Kier molecular flexibility index (Phi) is 5.34. The summed E-state index contributed by atoms with van der Waals surface area (Å²) in [6.07, 6.45) is 0. The molecule has 0 fully saturated rings. The second kappa shape index (κ2) is 7.25. The summed E-state index contributed by atoms with van der Waals surface area (Å²) in [5.41, 5.74) is 0.972. The number of benzene rings is 1. The summed E-state index contributed by atoms with van der Waals surface area (Å²) >= 11 is 3.47. The lowest BCUT2D eigenvalue weighted by Gasteiger charge is -2.03. The standard InChI is InChI=1S/C15H14O2S2/c1-17-13-5-2-6-14(9-13)19-11-15-8-12(10-18-15)4-3-7-16/h2,5-6,8-10,16H,7,11H2,1H3. The molecule has 2 rings (SSSR count). The fraction of sp³-hybridized carbons (Fsp3) is 0.200. The second-order valence-corrected chi connectivity index (χ2v) is 5.77. The zero-order valence-corrected chi connectivity index (χ0v) is 12.2. The number of hydrogen-bond acceptors (Lipinski definition) is 4. The number of rotatable bonds is 4. The molecule has 1 aromatic carbocycles. The monoisotopic (exact) mass is 290 g/mol.